The zero-order chi connectivity index (χ0) is 18.5. The standard InChI is InChI=1S/C20H27N3O3/c1-14(2)19(24)15-6-9-23(10-7-15)16-5-8-21-18(12-16)20(25)22-13-17-4-3-11-26-17/h3-5,8,11-12,14-15,19,24H,6-7,9-10,13H2,1-2H3,(H,22,25)/t19-/m1/s1. The molecule has 0 saturated carbocycles. The molecule has 2 N–H and O–H groups in total. The van der Waals surface area contributed by atoms with Crippen LogP contribution in [-0.4, -0.2) is 35.2 Å². The van der Waals surface area contributed by atoms with Gasteiger partial charge in [-0.15, -0.1) is 0 Å². The molecule has 1 amide bonds. The van der Waals surface area contributed by atoms with E-state index in [9.17, 15) is 9.90 Å². The number of furan rings is 1. The minimum atomic E-state index is -0.238. The third-order valence-electron chi connectivity index (χ3n) is 5.05. The molecule has 0 aromatic carbocycles. The minimum absolute atomic E-state index is 0.214. The Morgan fingerprint density at radius 2 is 2.15 bits per heavy atom. The van der Waals surface area contributed by atoms with Crippen molar-refractivity contribution >= 4 is 11.6 Å². The Kier molecular flexibility index (Phi) is 5.93. The highest BCUT2D eigenvalue weighted by molar-refractivity contribution is 5.93. The van der Waals surface area contributed by atoms with Gasteiger partial charge in [0.05, 0.1) is 18.9 Å². The van der Waals surface area contributed by atoms with Crippen molar-refractivity contribution in [1.29, 1.82) is 0 Å². The van der Waals surface area contributed by atoms with Gasteiger partial charge in [-0.05, 0) is 48.9 Å². The van der Waals surface area contributed by atoms with E-state index in [0.717, 1.165) is 31.6 Å². The van der Waals surface area contributed by atoms with Crippen LogP contribution in [0.2, 0.25) is 0 Å². The number of nitrogens with zero attached hydrogens (tertiary/aromatic N) is 2. The molecule has 6 heteroatoms. The molecule has 0 aliphatic carbocycles. The third kappa shape index (κ3) is 4.43. The van der Waals surface area contributed by atoms with Crippen molar-refractivity contribution in [3.05, 3.63) is 48.2 Å². The predicted octanol–water partition coefficient (Wildman–Crippen LogP) is 2.84. The topological polar surface area (TPSA) is 78.6 Å². The summed E-state index contributed by atoms with van der Waals surface area (Å²) in [5, 5.41) is 13.1. The first-order valence-corrected chi connectivity index (χ1v) is 9.24. The van der Waals surface area contributed by atoms with Crippen LogP contribution in [0.4, 0.5) is 5.69 Å². The molecule has 140 valence electrons. The molecule has 1 aliphatic rings. The Hall–Kier alpha value is -2.34. The van der Waals surface area contributed by atoms with E-state index in [2.05, 4.69) is 29.0 Å². The van der Waals surface area contributed by atoms with Gasteiger partial charge in [-0.1, -0.05) is 13.8 Å². The lowest BCUT2D eigenvalue weighted by atomic mass is 9.85. The summed E-state index contributed by atoms with van der Waals surface area (Å²) < 4.78 is 5.22. The fourth-order valence-corrected chi connectivity index (χ4v) is 3.45. The van der Waals surface area contributed by atoms with Gasteiger partial charge in [-0.25, -0.2) is 0 Å². The number of anilines is 1. The van der Waals surface area contributed by atoms with Crippen molar-refractivity contribution in [3.63, 3.8) is 0 Å². The van der Waals surface area contributed by atoms with Gasteiger partial charge in [-0.3, -0.25) is 9.78 Å². The summed E-state index contributed by atoms with van der Waals surface area (Å²) in [6.07, 6.45) is 4.94. The summed E-state index contributed by atoms with van der Waals surface area (Å²) in [7, 11) is 0. The number of carbonyl (C=O) groups is 1. The molecule has 1 atom stereocenters. The first-order valence-electron chi connectivity index (χ1n) is 9.24. The van der Waals surface area contributed by atoms with Crippen molar-refractivity contribution in [3.8, 4) is 0 Å². The van der Waals surface area contributed by atoms with Gasteiger partial charge in [0, 0.05) is 25.0 Å². The highest BCUT2D eigenvalue weighted by Gasteiger charge is 2.27. The van der Waals surface area contributed by atoms with Crippen molar-refractivity contribution < 1.29 is 14.3 Å². The average molecular weight is 357 g/mol. The first-order chi connectivity index (χ1) is 12.5. The molecule has 0 spiro atoms. The first kappa shape index (κ1) is 18.5. The summed E-state index contributed by atoms with van der Waals surface area (Å²) in [6, 6.07) is 7.37. The van der Waals surface area contributed by atoms with Crippen LogP contribution in [0.5, 0.6) is 0 Å². The van der Waals surface area contributed by atoms with Crippen LogP contribution >= 0.6 is 0 Å². The monoisotopic (exact) mass is 357 g/mol. The van der Waals surface area contributed by atoms with E-state index in [1.165, 1.54) is 0 Å². The molecule has 26 heavy (non-hydrogen) atoms. The Balaban J connectivity index is 1.58. The van der Waals surface area contributed by atoms with E-state index < -0.39 is 0 Å². The lowest BCUT2D eigenvalue weighted by Crippen LogP contribution is -2.39. The number of hydrogen-bond acceptors (Lipinski definition) is 5. The number of pyridine rings is 1. The van der Waals surface area contributed by atoms with Crippen LogP contribution < -0.4 is 10.2 Å². The fraction of sp³-hybridized carbons (Fsp3) is 0.500. The van der Waals surface area contributed by atoms with Gasteiger partial charge in [0.2, 0.25) is 0 Å². The smallest absolute Gasteiger partial charge is 0.270 e. The van der Waals surface area contributed by atoms with Crippen molar-refractivity contribution in [2.45, 2.75) is 39.3 Å². The Morgan fingerprint density at radius 3 is 2.81 bits per heavy atom. The Bertz CT molecular complexity index is 707. The van der Waals surface area contributed by atoms with E-state index in [-0.39, 0.29) is 17.9 Å². The van der Waals surface area contributed by atoms with Gasteiger partial charge < -0.3 is 19.7 Å². The summed E-state index contributed by atoms with van der Waals surface area (Å²) in [5.74, 6) is 1.13. The lowest BCUT2D eigenvalue weighted by molar-refractivity contribution is 0.0527. The molecule has 1 fully saturated rings. The quantitative estimate of drug-likeness (QED) is 0.831. The van der Waals surface area contributed by atoms with Gasteiger partial charge in [0.1, 0.15) is 11.5 Å². The van der Waals surface area contributed by atoms with Crippen LogP contribution in [0, 0.1) is 11.8 Å². The second-order valence-electron chi connectivity index (χ2n) is 7.22. The van der Waals surface area contributed by atoms with E-state index in [0.29, 0.717) is 23.9 Å². The zero-order valence-corrected chi connectivity index (χ0v) is 15.4. The number of nitrogens with one attached hydrogen (secondary N) is 1. The average Bonchev–Trinajstić information content (AvgIpc) is 3.19. The molecule has 6 nitrogen and oxygen atoms in total. The number of aliphatic hydroxyl groups excluding tert-OH is 1. The molecule has 3 heterocycles. The predicted molar refractivity (Wildman–Crippen MR) is 99.9 cm³/mol. The molecular formula is C20H27N3O3. The van der Waals surface area contributed by atoms with Gasteiger partial charge in [0.25, 0.3) is 5.91 Å². The lowest BCUT2D eigenvalue weighted by Gasteiger charge is -2.36. The molecule has 0 unspecified atom stereocenters. The maximum atomic E-state index is 12.3. The Labute approximate surface area is 154 Å². The van der Waals surface area contributed by atoms with E-state index >= 15 is 0 Å². The molecule has 0 radical (unpaired) electrons. The molecule has 1 saturated heterocycles. The Morgan fingerprint density at radius 1 is 1.38 bits per heavy atom. The number of amides is 1. The van der Waals surface area contributed by atoms with Crippen LogP contribution in [0.25, 0.3) is 0 Å². The second-order valence-corrected chi connectivity index (χ2v) is 7.22. The molecule has 2 aromatic rings. The fourth-order valence-electron chi connectivity index (χ4n) is 3.45. The molecule has 1 aliphatic heterocycles. The highest BCUT2D eigenvalue weighted by Crippen LogP contribution is 2.28. The number of carbonyl (C=O) groups excluding carboxylic acids is 1. The maximum absolute atomic E-state index is 12.3. The maximum Gasteiger partial charge on any atom is 0.270 e. The normalized spacial score (nSPS) is 16.7. The van der Waals surface area contributed by atoms with Crippen LogP contribution in [0.15, 0.2) is 41.1 Å². The van der Waals surface area contributed by atoms with Crippen LogP contribution in [-0.2, 0) is 6.54 Å². The SMILES string of the molecule is CC(C)[C@@H](O)C1CCN(c2ccnc(C(=O)NCc3ccco3)c2)CC1. The van der Waals surface area contributed by atoms with Crippen LogP contribution in [0.3, 0.4) is 0 Å². The summed E-state index contributed by atoms with van der Waals surface area (Å²) in [6.45, 7) is 6.23. The van der Waals surface area contributed by atoms with E-state index in [4.69, 9.17) is 4.42 Å². The van der Waals surface area contributed by atoms with Crippen molar-refractivity contribution in [2.75, 3.05) is 18.0 Å². The van der Waals surface area contributed by atoms with Crippen LogP contribution in [0.1, 0.15) is 42.9 Å². The van der Waals surface area contributed by atoms with Gasteiger partial charge >= 0.3 is 0 Å². The number of rotatable bonds is 6. The van der Waals surface area contributed by atoms with E-state index in [1.807, 2.05) is 18.2 Å². The largest absolute Gasteiger partial charge is 0.467 e. The highest BCUT2D eigenvalue weighted by atomic mass is 16.3. The van der Waals surface area contributed by atoms with Gasteiger partial charge in [-0.2, -0.15) is 0 Å². The summed E-state index contributed by atoms with van der Waals surface area (Å²) >= 11 is 0. The molecular weight excluding hydrogens is 330 g/mol. The summed E-state index contributed by atoms with van der Waals surface area (Å²) in [4.78, 5) is 18.8. The number of aliphatic hydroxyl groups is 1. The number of aromatic nitrogens is 1. The minimum Gasteiger partial charge on any atom is -0.467 e. The molecule has 0 bridgehead atoms. The second kappa shape index (κ2) is 8.36. The summed E-state index contributed by atoms with van der Waals surface area (Å²) in [5.41, 5.74) is 1.40. The third-order valence-corrected chi connectivity index (χ3v) is 5.05. The zero-order valence-electron chi connectivity index (χ0n) is 15.4. The number of piperidine rings is 1. The number of hydrogen-bond donors (Lipinski definition) is 2. The van der Waals surface area contributed by atoms with Crippen molar-refractivity contribution in [1.82, 2.24) is 10.3 Å². The molecule has 2 aromatic heterocycles. The van der Waals surface area contributed by atoms with E-state index in [1.54, 1.807) is 18.5 Å². The molecule has 3 rings (SSSR count). The van der Waals surface area contributed by atoms with Gasteiger partial charge in [0.15, 0.2) is 0 Å². The van der Waals surface area contributed by atoms with Crippen molar-refractivity contribution in [2.24, 2.45) is 11.8 Å².